The molecule has 0 unspecified atom stereocenters. The van der Waals surface area contributed by atoms with Gasteiger partial charge in [0.1, 0.15) is 5.56 Å². The van der Waals surface area contributed by atoms with Crippen LogP contribution in [-0.2, 0) is 0 Å². The van der Waals surface area contributed by atoms with E-state index in [9.17, 15) is 4.79 Å². The quantitative estimate of drug-likeness (QED) is 0.586. The zero-order valence-corrected chi connectivity index (χ0v) is 17.2. The molecule has 0 aliphatic carbocycles. The molecule has 0 aliphatic heterocycles. The molecule has 1 N–H and O–H groups in total. The monoisotopic (exact) mass is 394 g/mol. The maximum Gasteiger partial charge on any atom is 0.257 e. The van der Waals surface area contributed by atoms with Crippen molar-refractivity contribution in [2.45, 2.75) is 33.7 Å². The maximum absolute atomic E-state index is 13.0. The molecule has 0 spiro atoms. The molecule has 0 fully saturated rings. The Balaban J connectivity index is 1.83. The minimum atomic E-state index is -0.240. The van der Waals surface area contributed by atoms with Gasteiger partial charge in [-0.2, -0.15) is 0 Å². The fourth-order valence-electron chi connectivity index (χ4n) is 3.11. The lowest BCUT2D eigenvalue weighted by Crippen LogP contribution is -2.27. The largest absolute Gasteiger partial charge is 0.490 e. The number of carbonyl (C=O) groups is 1. The number of hydrogen-bond acceptors (Lipinski definition) is 5. The standard InChI is InChI=1S/C23H26N2O4/c1-5-27-19-13-12-18(14-20(19)28-6-2)15(3)24-23(26)21-16(4)25-29-22(21)17-10-8-7-9-11-17/h7-15H,5-6H2,1-4H3,(H,24,26)/t15-/m0/s1. The topological polar surface area (TPSA) is 73.6 Å². The lowest BCUT2D eigenvalue weighted by atomic mass is 10.0. The molecule has 3 rings (SSSR count). The maximum atomic E-state index is 13.0. The molecule has 29 heavy (non-hydrogen) atoms. The summed E-state index contributed by atoms with van der Waals surface area (Å²) in [5.41, 5.74) is 2.72. The minimum Gasteiger partial charge on any atom is -0.490 e. The van der Waals surface area contributed by atoms with Crippen LogP contribution in [0.25, 0.3) is 11.3 Å². The first-order valence-corrected chi connectivity index (χ1v) is 9.77. The molecule has 0 saturated heterocycles. The summed E-state index contributed by atoms with van der Waals surface area (Å²) in [7, 11) is 0. The normalized spacial score (nSPS) is 11.7. The van der Waals surface area contributed by atoms with Crippen molar-refractivity contribution in [3.05, 3.63) is 65.4 Å². The lowest BCUT2D eigenvalue weighted by Gasteiger charge is -2.17. The summed E-state index contributed by atoms with van der Waals surface area (Å²) in [6, 6.07) is 14.9. The molecule has 0 radical (unpaired) electrons. The van der Waals surface area contributed by atoms with Crippen molar-refractivity contribution in [2.75, 3.05) is 13.2 Å². The molecule has 0 aliphatic rings. The number of nitrogens with one attached hydrogen (secondary N) is 1. The van der Waals surface area contributed by atoms with Crippen LogP contribution in [0.1, 0.15) is 48.4 Å². The highest BCUT2D eigenvalue weighted by Crippen LogP contribution is 2.31. The molecule has 1 aromatic heterocycles. The van der Waals surface area contributed by atoms with Crippen LogP contribution in [0.2, 0.25) is 0 Å². The number of benzene rings is 2. The van der Waals surface area contributed by atoms with Gasteiger partial charge in [0.25, 0.3) is 5.91 Å². The molecule has 1 heterocycles. The fraction of sp³-hybridized carbons (Fsp3) is 0.304. The van der Waals surface area contributed by atoms with Gasteiger partial charge >= 0.3 is 0 Å². The number of ether oxygens (including phenoxy) is 2. The van der Waals surface area contributed by atoms with E-state index in [1.807, 2.05) is 69.3 Å². The van der Waals surface area contributed by atoms with Crippen LogP contribution in [0.4, 0.5) is 0 Å². The minimum absolute atomic E-state index is 0.234. The number of rotatable bonds is 8. The second-order valence-corrected chi connectivity index (χ2v) is 6.61. The Hall–Kier alpha value is -3.28. The van der Waals surface area contributed by atoms with Crippen LogP contribution in [0.5, 0.6) is 11.5 Å². The van der Waals surface area contributed by atoms with Crippen LogP contribution >= 0.6 is 0 Å². The van der Waals surface area contributed by atoms with Crippen molar-refractivity contribution >= 4 is 5.91 Å². The van der Waals surface area contributed by atoms with Gasteiger partial charge in [0.2, 0.25) is 0 Å². The van der Waals surface area contributed by atoms with Gasteiger partial charge in [0, 0.05) is 5.56 Å². The number of nitrogens with zero attached hydrogens (tertiary/aromatic N) is 1. The summed E-state index contributed by atoms with van der Waals surface area (Å²) in [5, 5.41) is 7.03. The van der Waals surface area contributed by atoms with E-state index in [4.69, 9.17) is 14.0 Å². The van der Waals surface area contributed by atoms with E-state index in [2.05, 4.69) is 10.5 Å². The SMILES string of the molecule is CCOc1ccc([C@H](C)NC(=O)c2c(C)noc2-c2ccccc2)cc1OCC. The first kappa shape index (κ1) is 20.5. The molecule has 0 saturated carbocycles. The van der Waals surface area contributed by atoms with Crippen molar-refractivity contribution in [1.82, 2.24) is 10.5 Å². The highest BCUT2D eigenvalue weighted by atomic mass is 16.5. The van der Waals surface area contributed by atoms with Crippen LogP contribution < -0.4 is 14.8 Å². The van der Waals surface area contributed by atoms with Crippen LogP contribution in [0.15, 0.2) is 53.1 Å². The molecule has 6 nitrogen and oxygen atoms in total. The van der Waals surface area contributed by atoms with E-state index < -0.39 is 0 Å². The van der Waals surface area contributed by atoms with Gasteiger partial charge < -0.3 is 19.3 Å². The Morgan fingerprint density at radius 1 is 1.07 bits per heavy atom. The Bertz CT molecular complexity index is 966. The summed E-state index contributed by atoms with van der Waals surface area (Å²) in [5.74, 6) is 1.59. The summed E-state index contributed by atoms with van der Waals surface area (Å²) >= 11 is 0. The van der Waals surface area contributed by atoms with E-state index in [1.54, 1.807) is 6.92 Å². The van der Waals surface area contributed by atoms with E-state index in [0.717, 1.165) is 11.1 Å². The van der Waals surface area contributed by atoms with Gasteiger partial charge in [-0.05, 0) is 45.4 Å². The highest BCUT2D eigenvalue weighted by Gasteiger charge is 2.23. The van der Waals surface area contributed by atoms with Crippen LogP contribution in [0.3, 0.4) is 0 Å². The number of carbonyl (C=O) groups excluding carboxylic acids is 1. The van der Waals surface area contributed by atoms with Gasteiger partial charge in [-0.1, -0.05) is 41.6 Å². The van der Waals surface area contributed by atoms with Crippen molar-refractivity contribution < 1.29 is 18.8 Å². The molecular weight excluding hydrogens is 368 g/mol. The van der Waals surface area contributed by atoms with E-state index >= 15 is 0 Å². The molecule has 152 valence electrons. The predicted octanol–water partition coefficient (Wildman–Crippen LogP) is 4.94. The zero-order valence-electron chi connectivity index (χ0n) is 17.2. The van der Waals surface area contributed by atoms with E-state index in [1.165, 1.54) is 0 Å². The number of hydrogen-bond donors (Lipinski definition) is 1. The van der Waals surface area contributed by atoms with Crippen molar-refractivity contribution in [3.8, 4) is 22.8 Å². The molecular formula is C23H26N2O4. The summed E-state index contributed by atoms with van der Waals surface area (Å²) in [4.78, 5) is 13.0. The first-order chi connectivity index (χ1) is 14.0. The lowest BCUT2D eigenvalue weighted by molar-refractivity contribution is 0.0939. The van der Waals surface area contributed by atoms with Gasteiger partial charge in [-0.25, -0.2) is 0 Å². The van der Waals surface area contributed by atoms with Gasteiger partial charge in [-0.15, -0.1) is 0 Å². The average Bonchev–Trinajstić information content (AvgIpc) is 3.12. The van der Waals surface area contributed by atoms with Gasteiger partial charge in [-0.3, -0.25) is 4.79 Å². The molecule has 2 aromatic carbocycles. The number of aromatic nitrogens is 1. The van der Waals surface area contributed by atoms with Crippen molar-refractivity contribution in [3.63, 3.8) is 0 Å². The smallest absolute Gasteiger partial charge is 0.257 e. The van der Waals surface area contributed by atoms with E-state index in [0.29, 0.717) is 41.7 Å². The van der Waals surface area contributed by atoms with E-state index in [-0.39, 0.29) is 11.9 Å². The van der Waals surface area contributed by atoms with Crippen LogP contribution in [0, 0.1) is 6.92 Å². The Morgan fingerprint density at radius 3 is 2.45 bits per heavy atom. The average molecular weight is 394 g/mol. The van der Waals surface area contributed by atoms with Crippen molar-refractivity contribution in [2.24, 2.45) is 0 Å². The molecule has 0 bridgehead atoms. The van der Waals surface area contributed by atoms with Crippen LogP contribution in [-0.4, -0.2) is 24.3 Å². The first-order valence-electron chi connectivity index (χ1n) is 9.77. The summed E-state index contributed by atoms with van der Waals surface area (Å²) in [6.07, 6.45) is 0. The third-order valence-electron chi connectivity index (χ3n) is 4.54. The summed E-state index contributed by atoms with van der Waals surface area (Å²) < 4.78 is 16.7. The Labute approximate surface area is 170 Å². The zero-order chi connectivity index (χ0) is 20.8. The second-order valence-electron chi connectivity index (χ2n) is 6.61. The molecule has 6 heteroatoms. The third kappa shape index (κ3) is 4.59. The number of amides is 1. The van der Waals surface area contributed by atoms with Gasteiger partial charge in [0.05, 0.1) is 24.9 Å². The molecule has 1 amide bonds. The second kappa shape index (κ2) is 9.28. The highest BCUT2D eigenvalue weighted by molar-refractivity contribution is 6.00. The third-order valence-corrected chi connectivity index (χ3v) is 4.54. The number of aryl methyl sites for hydroxylation is 1. The fourth-order valence-corrected chi connectivity index (χ4v) is 3.11. The van der Waals surface area contributed by atoms with Gasteiger partial charge in [0.15, 0.2) is 17.3 Å². The predicted molar refractivity (Wildman–Crippen MR) is 111 cm³/mol. The van der Waals surface area contributed by atoms with Crippen molar-refractivity contribution in [1.29, 1.82) is 0 Å². The molecule has 1 atom stereocenters. The molecule has 3 aromatic rings. The Kier molecular flexibility index (Phi) is 6.54. The Morgan fingerprint density at radius 2 is 1.76 bits per heavy atom. The summed E-state index contributed by atoms with van der Waals surface area (Å²) in [6.45, 7) is 8.63.